The summed E-state index contributed by atoms with van der Waals surface area (Å²) < 4.78 is 41.6. The van der Waals surface area contributed by atoms with Gasteiger partial charge in [0.1, 0.15) is 6.04 Å². The zero-order chi connectivity index (χ0) is 22.8. The minimum atomic E-state index is -4.66. The summed E-state index contributed by atoms with van der Waals surface area (Å²) in [5.74, 6) is -0.851. The van der Waals surface area contributed by atoms with Crippen molar-refractivity contribution in [2.75, 3.05) is 11.9 Å². The van der Waals surface area contributed by atoms with E-state index in [1.54, 1.807) is 0 Å². The van der Waals surface area contributed by atoms with E-state index < -0.39 is 29.7 Å². The van der Waals surface area contributed by atoms with Crippen molar-refractivity contribution in [2.24, 2.45) is 5.92 Å². The largest absolute Gasteiger partial charge is 0.436 e. The van der Waals surface area contributed by atoms with Crippen LogP contribution >= 0.6 is 15.9 Å². The molecule has 0 spiro atoms. The third kappa shape index (κ3) is 5.21. The molecule has 166 valence electrons. The predicted molar refractivity (Wildman–Crippen MR) is 108 cm³/mol. The van der Waals surface area contributed by atoms with Crippen LogP contribution in [0.3, 0.4) is 0 Å². The number of halogens is 4. The smallest absolute Gasteiger partial charge is 0.350 e. The number of aryl methyl sites for hydroxylation is 1. The van der Waals surface area contributed by atoms with Crippen molar-refractivity contribution in [1.29, 1.82) is 0 Å². The Balaban J connectivity index is 2.28. The summed E-state index contributed by atoms with van der Waals surface area (Å²) in [7, 11) is 0. The zero-order valence-corrected chi connectivity index (χ0v) is 18.8. The number of aromatic nitrogens is 4. The monoisotopic (exact) mass is 492 g/mol. The van der Waals surface area contributed by atoms with Gasteiger partial charge in [0, 0.05) is 19.3 Å². The van der Waals surface area contributed by atoms with Crippen molar-refractivity contribution in [3.8, 4) is 0 Å². The van der Waals surface area contributed by atoms with Gasteiger partial charge in [-0.15, -0.1) is 0 Å². The van der Waals surface area contributed by atoms with Crippen molar-refractivity contribution < 1.29 is 22.8 Å². The van der Waals surface area contributed by atoms with E-state index in [9.17, 15) is 22.8 Å². The van der Waals surface area contributed by atoms with Gasteiger partial charge in [0.25, 0.3) is 5.91 Å². The van der Waals surface area contributed by atoms with Crippen LogP contribution in [0.25, 0.3) is 0 Å². The molecule has 2 N–H and O–H groups in total. The van der Waals surface area contributed by atoms with E-state index in [4.69, 9.17) is 0 Å². The third-order valence-corrected chi connectivity index (χ3v) is 5.27. The van der Waals surface area contributed by atoms with Gasteiger partial charge >= 0.3 is 6.18 Å². The Morgan fingerprint density at radius 1 is 1.23 bits per heavy atom. The molecule has 2 heterocycles. The van der Waals surface area contributed by atoms with Crippen LogP contribution in [0.1, 0.15) is 55.6 Å². The van der Waals surface area contributed by atoms with E-state index in [0.29, 0.717) is 13.1 Å². The number of nitrogens with zero attached hydrogens (tertiary/aromatic N) is 4. The molecule has 0 radical (unpaired) electrons. The quantitative estimate of drug-likeness (QED) is 0.614. The second kappa shape index (κ2) is 9.19. The number of carbonyl (C=O) groups is 2. The molecule has 0 bridgehead atoms. The molecule has 0 fully saturated rings. The second-order valence-electron chi connectivity index (χ2n) is 7.21. The first-order valence-corrected chi connectivity index (χ1v) is 10.1. The summed E-state index contributed by atoms with van der Waals surface area (Å²) in [4.78, 5) is 25.2. The van der Waals surface area contributed by atoms with Gasteiger partial charge in [0.05, 0.1) is 15.9 Å². The summed E-state index contributed by atoms with van der Waals surface area (Å²) in [6.07, 6.45) is -3.16. The lowest BCUT2D eigenvalue weighted by atomic mass is 10.2. The molecular formula is C18H24BrF3N6O2. The molecule has 8 nitrogen and oxygen atoms in total. The Bertz CT molecular complexity index is 935. The molecular weight excluding hydrogens is 469 g/mol. The molecule has 12 heteroatoms. The zero-order valence-electron chi connectivity index (χ0n) is 17.3. The molecule has 0 unspecified atom stereocenters. The van der Waals surface area contributed by atoms with E-state index in [-0.39, 0.29) is 27.5 Å². The molecule has 2 amide bonds. The standard InChI is InChI=1S/C18H24BrF3N6O2/c1-6-27-8-12(14(25-27)17(30)23-7-9(2)3)24-16(29)11(5)28-10(4)13(19)15(26-28)18(20,21)22/h8-9,11H,6-7H2,1-5H3,(H,23,30)(H,24,29)/t11-/m0/s1. The number of alkyl halides is 3. The Morgan fingerprint density at radius 3 is 2.37 bits per heavy atom. The highest BCUT2D eigenvalue weighted by Crippen LogP contribution is 2.36. The van der Waals surface area contributed by atoms with Gasteiger partial charge in [-0.3, -0.25) is 19.0 Å². The Hall–Kier alpha value is -2.37. The van der Waals surface area contributed by atoms with E-state index in [2.05, 4.69) is 36.8 Å². The van der Waals surface area contributed by atoms with Crippen molar-refractivity contribution in [3.63, 3.8) is 0 Å². The summed E-state index contributed by atoms with van der Waals surface area (Å²) in [6.45, 7) is 9.45. The van der Waals surface area contributed by atoms with Gasteiger partial charge in [-0.05, 0) is 42.6 Å². The van der Waals surface area contributed by atoms with Crippen LogP contribution in [0.15, 0.2) is 10.7 Å². The lowest BCUT2D eigenvalue weighted by Gasteiger charge is -2.14. The Kier molecular flexibility index (Phi) is 7.32. The summed E-state index contributed by atoms with van der Waals surface area (Å²) in [5.41, 5.74) is -0.737. The molecule has 0 saturated heterocycles. The van der Waals surface area contributed by atoms with Crippen LogP contribution in [0.2, 0.25) is 0 Å². The number of hydrogen-bond acceptors (Lipinski definition) is 4. The fraction of sp³-hybridized carbons (Fsp3) is 0.556. The summed E-state index contributed by atoms with van der Waals surface area (Å²) in [5, 5.41) is 13.0. The number of nitrogens with one attached hydrogen (secondary N) is 2. The second-order valence-corrected chi connectivity index (χ2v) is 8.00. The number of carbonyl (C=O) groups excluding carboxylic acids is 2. The lowest BCUT2D eigenvalue weighted by Crippen LogP contribution is -2.30. The minimum absolute atomic E-state index is 0.0346. The van der Waals surface area contributed by atoms with E-state index in [1.165, 1.54) is 24.7 Å². The number of anilines is 1. The highest BCUT2D eigenvalue weighted by molar-refractivity contribution is 9.10. The van der Waals surface area contributed by atoms with Crippen molar-refractivity contribution in [3.05, 3.63) is 27.8 Å². The average Bonchev–Trinajstić information content (AvgIpc) is 3.20. The van der Waals surface area contributed by atoms with Crippen LogP contribution in [-0.4, -0.2) is 37.9 Å². The van der Waals surface area contributed by atoms with Gasteiger partial charge in [-0.1, -0.05) is 13.8 Å². The van der Waals surface area contributed by atoms with E-state index in [1.807, 2.05) is 20.8 Å². The van der Waals surface area contributed by atoms with Gasteiger partial charge < -0.3 is 10.6 Å². The Labute approximate surface area is 180 Å². The van der Waals surface area contributed by atoms with E-state index in [0.717, 1.165) is 4.68 Å². The molecule has 2 aromatic rings. The Morgan fingerprint density at radius 2 is 1.87 bits per heavy atom. The summed E-state index contributed by atoms with van der Waals surface area (Å²) >= 11 is 2.89. The number of amides is 2. The molecule has 0 aliphatic carbocycles. The highest BCUT2D eigenvalue weighted by Gasteiger charge is 2.39. The van der Waals surface area contributed by atoms with Crippen molar-refractivity contribution in [2.45, 2.75) is 53.4 Å². The molecule has 0 aliphatic heterocycles. The first kappa shape index (κ1) is 23.9. The SMILES string of the molecule is CCn1cc(NC(=O)[C@H](C)n2nc(C(F)(F)F)c(Br)c2C)c(C(=O)NCC(C)C)n1. The van der Waals surface area contributed by atoms with Crippen LogP contribution in [0.4, 0.5) is 18.9 Å². The van der Waals surface area contributed by atoms with Gasteiger partial charge in [0.15, 0.2) is 11.4 Å². The lowest BCUT2D eigenvalue weighted by molar-refractivity contribution is -0.142. The number of hydrogen-bond donors (Lipinski definition) is 2. The topological polar surface area (TPSA) is 93.8 Å². The van der Waals surface area contributed by atoms with Gasteiger partial charge in [-0.25, -0.2) is 0 Å². The molecule has 2 rings (SSSR count). The van der Waals surface area contributed by atoms with Crippen LogP contribution in [-0.2, 0) is 17.5 Å². The number of rotatable bonds is 7. The van der Waals surface area contributed by atoms with E-state index >= 15 is 0 Å². The molecule has 1 atom stereocenters. The normalized spacial score (nSPS) is 12.9. The van der Waals surface area contributed by atoms with Crippen LogP contribution in [0, 0.1) is 12.8 Å². The molecule has 0 aliphatic rings. The van der Waals surface area contributed by atoms with Gasteiger partial charge in [0.2, 0.25) is 5.91 Å². The highest BCUT2D eigenvalue weighted by atomic mass is 79.9. The fourth-order valence-electron chi connectivity index (χ4n) is 2.63. The van der Waals surface area contributed by atoms with Crippen molar-refractivity contribution >= 4 is 33.4 Å². The first-order valence-electron chi connectivity index (χ1n) is 9.35. The minimum Gasteiger partial charge on any atom is -0.350 e. The van der Waals surface area contributed by atoms with Gasteiger partial charge in [-0.2, -0.15) is 23.4 Å². The predicted octanol–water partition coefficient (Wildman–Crippen LogP) is 3.77. The third-order valence-electron chi connectivity index (χ3n) is 4.32. The fourth-order valence-corrected chi connectivity index (χ4v) is 3.11. The first-order chi connectivity index (χ1) is 13.9. The van der Waals surface area contributed by atoms with Crippen LogP contribution < -0.4 is 10.6 Å². The average molecular weight is 493 g/mol. The maximum absolute atomic E-state index is 13.1. The maximum atomic E-state index is 13.1. The summed E-state index contributed by atoms with van der Waals surface area (Å²) in [6, 6.07) is -1.06. The maximum Gasteiger partial charge on any atom is 0.436 e. The van der Waals surface area contributed by atoms with Crippen LogP contribution in [0.5, 0.6) is 0 Å². The molecule has 0 saturated carbocycles. The molecule has 0 aromatic carbocycles. The molecule has 2 aromatic heterocycles. The molecule has 30 heavy (non-hydrogen) atoms. The van der Waals surface area contributed by atoms with Crippen molar-refractivity contribution in [1.82, 2.24) is 24.9 Å².